The summed E-state index contributed by atoms with van der Waals surface area (Å²) in [4.78, 5) is 0. The van der Waals surface area contributed by atoms with Gasteiger partial charge in [0.15, 0.2) is 0 Å². The van der Waals surface area contributed by atoms with Crippen LogP contribution in [0, 0.1) is 0 Å². The topological polar surface area (TPSA) is 39.2 Å². The van der Waals surface area contributed by atoms with E-state index < -0.39 is 0 Å². The molecule has 0 fully saturated rings. The molecule has 1 heterocycles. The predicted molar refractivity (Wildman–Crippen MR) is 65.5 cm³/mol. The molecule has 0 amide bonds. The molecular formula is C10H16BrNOS. The molecule has 1 aromatic heterocycles. The molecule has 4 heteroatoms. The van der Waals surface area contributed by atoms with Crippen LogP contribution >= 0.6 is 27.7 Å². The van der Waals surface area contributed by atoms with E-state index in [0.29, 0.717) is 5.25 Å². The first kappa shape index (κ1) is 12.1. The lowest BCUT2D eigenvalue weighted by molar-refractivity contribution is 0.480. The minimum atomic E-state index is -0.0154. The fraction of sp³-hybridized carbons (Fsp3) is 0.600. The average Bonchev–Trinajstić information content (AvgIpc) is 2.60. The van der Waals surface area contributed by atoms with Crippen LogP contribution in [0.15, 0.2) is 21.2 Å². The van der Waals surface area contributed by atoms with Gasteiger partial charge in [0.05, 0.1) is 16.8 Å². The van der Waals surface area contributed by atoms with E-state index >= 15 is 0 Å². The van der Waals surface area contributed by atoms with Crippen molar-refractivity contribution >= 4 is 27.7 Å². The van der Waals surface area contributed by atoms with E-state index in [-0.39, 0.29) is 6.04 Å². The molecule has 1 aromatic rings. The molecule has 0 radical (unpaired) electrons. The van der Waals surface area contributed by atoms with Crippen molar-refractivity contribution in [2.24, 2.45) is 5.73 Å². The quantitative estimate of drug-likeness (QED) is 0.894. The van der Waals surface area contributed by atoms with E-state index in [1.165, 1.54) is 6.42 Å². The number of furan rings is 1. The molecule has 0 bridgehead atoms. The minimum absolute atomic E-state index is 0.0154. The molecule has 0 saturated carbocycles. The van der Waals surface area contributed by atoms with Crippen molar-refractivity contribution in [3.8, 4) is 0 Å². The van der Waals surface area contributed by atoms with Gasteiger partial charge < -0.3 is 10.2 Å². The first-order valence-corrected chi connectivity index (χ1v) is 6.59. The predicted octanol–water partition coefficient (Wildman–Crippen LogP) is 3.57. The van der Waals surface area contributed by atoms with Crippen molar-refractivity contribution in [1.29, 1.82) is 0 Å². The van der Waals surface area contributed by atoms with Gasteiger partial charge in [0, 0.05) is 11.0 Å². The van der Waals surface area contributed by atoms with Crippen LogP contribution in [-0.2, 0) is 0 Å². The third kappa shape index (κ3) is 3.33. The lowest BCUT2D eigenvalue weighted by Gasteiger charge is -2.12. The molecule has 80 valence electrons. The Morgan fingerprint density at radius 3 is 2.86 bits per heavy atom. The Morgan fingerprint density at radius 1 is 1.64 bits per heavy atom. The van der Waals surface area contributed by atoms with Crippen LogP contribution in [0.5, 0.6) is 0 Å². The van der Waals surface area contributed by atoms with Crippen LogP contribution in [-0.4, -0.2) is 11.0 Å². The van der Waals surface area contributed by atoms with Gasteiger partial charge in [0.25, 0.3) is 0 Å². The first-order chi connectivity index (χ1) is 6.65. The second-order valence-electron chi connectivity index (χ2n) is 3.29. The third-order valence-electron chi connectivity index (χ3n) is 2.12. The molecule has 0 saturated heterocycles. The third-order valence-corrected chi connectivity index (χ3v) is 4.23. The molecule has 0 aliphatic carbocycles. The lowest BCUT2D eigenvalue weighted by Crippen LogP contribution is -2.14. The molecule has 2 atom stereocenters. The number of hydrogen-bond donors (Lipinski definition) is 1. The number of nitrogens with two attached hydrogens (primary N) is 1. The number of hydrogen-bond acceptors (Lipinski definition) is 3. The molecule has 0 aliphatic rings. The highest BCUT2D eigenvalue weighted by molar-refractivity contribution is 9.10. The average molecular weight is 278 g/mol. The van der Waals surface area contributed by atoms with Crippen LogP contribution in [0.3, 0.4) is 0 Å². The zero-order valence-electron chi connectivity index (χ0n) is 8.50. The standard InChI is InChI=1S/C10H16BrNOS/c1-3-7(2)14-6-9(12)10-8(11)4-5-13-10/h4-5,7,9H,3,6,12H2,1-2H3. The molecular weight excluding hydrogens is 262 g/mol. The maximum Gasteiger partial charge on any atom is 0.135 e. The molecule has 0 spiro atoms. The van der Waals surface area contributed by atoms with Gasteiger partial charge in [0.2, 0.25) is 0 Å². The summed E-state index contributed by atoms with van der Waals surface area (Å²) < 4.78 is 6.27. The highest BCUT2D eigenvalue weighted by Crippen LogP contribution is 2.27. The number of halogens is 1. The second kappa shape index (κ2) is 5.83. The van der Waals surface area contributed by atoms with Crippen LogP contribution in [0.4, 0.5) is 0 Å². The zero-order chi connectivity index (χ0) is 10.6. The fourth-order valence-corrected chi connectivity index (χ4v) is 2.45. The summed E-state index contributed by atoms with van der Waals surface area (Å²) in [5.41, 5.74) is 6.00. The maximum absolute atomic E-state index is 6.00. The van der Waals surface area contributed by atoms with E-state index in [1.807, 2.05) is 17.8 Å². The smallest absolute Gasteiger partial charge is 0.135 e. The Balaban J connectivity index is 2.43. The summed E-state index contributed by atoms with van der Waals surface area (Å²) in [5, 5.41) is 0.662. The number of rotatable bonds is 5. The molecule has 2 N–H and O–H groups in total. The summed E-state index contributed by atoms with van der Waals surface area (Å²) in [6.45, 7) is 4.40. The second-order valence-corrected chi connectivity index (χ2v) is 5.62. The Bertz CT molecular complexity index is 277. The molecule has 0 aromatic carbocycles. The van der Waals surface area contributed by atoms with E-state index in [1.54, 1.807) is 6.26 Å². The van der Waals surface area contributed by atoms with Gasteiger partial charge in [-0.3, -0.25) is 0 Å². The molecule has 14 heavy (non-hydrogen) atoms. The molecule has 2 unspecified atom stereocenters. The van der Waals surface area contributed by atoms with E-state index in [4.69, 9.17) is 10.2 Å². The van der Waals surface area contributed by atoms with Crippen molar-refractivity contribution in [1.82, 2.24) is 0 Å². The van der Waals surface area contributed by atoms with E-state index in [2.05, 4.69) is 29.8 Å². The largest absolute Gasteiger partial charge is 0.466 e. The van der Waals surface area contributed by atoms with Gasteiger partial charge in [-0.05, 0) is 28.4 Å². The van der Waals surface area contributed by atoms with Gasteiger partial charge in [-0.25, -0.2) is 0 Å². The Morgan fingerprint density at radius 2 is 2.36 bits per heavy atom. The van der Waals surface area contributed by atoms with Crippen LogP contribution in [0.2, 0.25) is 0 Å². The Hall–Kier alpha value is 0.0700. The summed E-state index contributed by atoms with van der Waals surface area (Å²) in [6.07, 6.45) is 2.84. The minimum Gasteiger partial charge on any atom is -0.466 e. The summed E-state index contributed by atoms with van der Waals surface area (Å²) in [5.74, 6) is 1.75. The van der Waals surface area contributed by atoms with Gasteiger partial charge in [-0.15, -0.1) is 0 Å². The molecule has 1 rings (SSSR count). The van der Waals surface area contributed by atoms with Crippen LogP contribution in [0.1, 0.15) is 32.1 Å². The normalized spacial score (nSPS) is 15.4. The SMILES string of the molecule is CCC(C)SCC(N)c1occc1Br. The van der Waals surface area contributed by atoms with Crippen molar-refractivity contribution in [3.63, 3.8) is 0 Å². The Labute approximate surface area is 97.7 Å². The first-order valence-electron chi connectivity index (χ1n) is 4.75. The van der Waals surface area contributed by atoms with Crippen molar-refractivity contribution < 1.29 is 4.42 Å². The molecule has 0 aliphatic heterocycles. The van der Waals surface area contributed by atoms with Gasteiger partial charge in [-0.2, -0.15) is 11.8 Å². The zero-order valence-corrected chi connectivity index (χ0v) is 10.9. The summed E-state index contributed by atoms with van der Waals surface area (Å²) in [7, 11) is 0. The van der Waals surface area contributed by atoms with Crippen LogP contribution < -0.4 is 5.73 Å². The number of thioether (sulfide) groups is 1. The summed E-state index contributed by atoms with van der Waals surface area (Å²) in [6, 6.07) is 1.86. The van der Waals surface area contributed by atoms with Gasteiger partial charge >= 0.3 is 0 Å². The highest BCUT2D eigenvalue weighted by Gasteiger charge is 2.14. The maximum atomic E-state index is 6.00. The monoisotopic (exact) mass is 277 g/mol. The van der Waals surface area contributed by atoms with Gasteiger partial charge in [0.1, 0.15) is 5.76 Å². The highest BCUT2D eigenvalue weighted by atomic mass is 79.9. The van der Waals surface area contributed by atoms with Crippen molar-refractivity contribution in [3.05, 3.63) is 22.6 Å². The summed E-state index contributed by atoms with van der Waals surface area (Å²) >= 11 is 5.29. The van der Waals surface area contributed by atoms with E-state index in [9.17, 15) is 0 Å². The van der Waals surface area contributed by atoms with Crippen molar-refractivity contribution in [2.45, 2.75) is 31.6 Å². The Kier molecular flexibility index (Phi) is 5.06. The van der Waals surface area contributed by atoms with Gasteiger partial charge in [-0.1, -0.05) is 13.8 Å². The fourth-order valence-electron chi connectivity index (χ4n) is 1.03. The van der Waals surface area contributed by atoms with Crippen LogP contribution in [0.25, 0.3) is 0 Å². The van der Waals surface area contributed by atoms with E-state index in [0.717, 1.165) is 16.0 Å². The molecule has 2 nitrogen and oxygen atoms in total. The van der Waals surface area contributed by atoms with Crippen molar-refractivity contribution in [2.75, 3.05) is 5.75 Å². The lowest BCUT2D eigenvalue weighted by atomic mass is 10.3.